The molecular weight excluding hydrogens is 312 g/mol. The Kier molecular flexibility index (Phi) is 4.77. The van der Waals surface area contributed by atoms with Gasteiger partial charge in [0.1, 0.15) is 4.90 Å². The predicted octanol–water partition coefficient (Wildman–Crippen LogP) is 0.987. The first-order chi connectivity index (χ1) is 9.29. The van der Waals surface area contributed by atoms with Crippen LogP contribution in [-0.2, 0) is 19.9 Å². The summed E-state index contributed by atoms with van der Waals surface area (Å²) in [5.74, 6) is 0. The topological polar surface area (TPSA) is 106 Å². The molecule has 0 fully saturated rings. The van der Waals surface area contributed by atoms with Crippen LogP contribution in [0.25, 0.3) is 0 Å². The van der Waals surface area contributed by atoms with Crippen LogP contribution in [0, 0.1) is 13.8 Å². The summed E-state index contributed by atoms with van der Waals surface area (Å²) in [6.07, 6.45) is 1.08. The molecular formula is C13H22N2O4S2. The molecule has 0 bridgehead atoms. The standard InChI is InChI=1S/C13H22N2O4S2/c1-9-6-7-11(14)12(10(9)2)21(18,19)15-8-13(3,4)20(5,16)17/h6-7,15H,8,14H2,1-5H3. The van der Waals surface area contributed by atoms with Crippen molar-refractivity contribution in [2.24, 2.45) is 0 Å². The molecule has 0 atom stereocenters. The molecule has 0 unspecified atom stereocenters. The number of aryl methyl sites for hydroxylation is 1. The molecule has 0 amide bonds. The van der Waals surface area contributed by atoms with Crippen LogP contribution < -0.4 is 10.5 Å². The number of anilines is 1. The summed E-state index contributed by atoms with van der Waals surface area (Å²) < 4.78 is 49.2. The van der Waals surface area contributed by atoms with Gasteiger partial charge in [-0.05, 0) is 44.9 Å². The molecule has 1 aromatic carbocycles. The van der Waals surface area contributed by atoms with E-state index in [4.69, 9.17) is 5.73 Å². The molecule has 21 heavy (non-hydrogen) atoms. The maximum absolute atomic E-state index is 12.4. The maximum atomic E-state index is 12.4. The zero-order chi connectivity index (χ0) is 16.6. The smallest absolute Gasteiger partial charge is 0.242 e. The van der Waals surface area contributed by atoms with E-state index in [9.17, 15) is 16.8 Å². The molecule has 0 aliphatic rings. The van der Waals surface area contributed by atoms with Gasteiger partial charge in [-0.2, -0.15) is 0 Å². The maximum Gasteiger partial charge on any atom is 0.242 e. The lowest BCUT2D eigenvalue weighted by atomic mass is 10.1. The number of nitrogen functional groups attached to an aromatic ring is 1. The van der Waals surface area contributed by atoms with Crippen LogP contribution >= 0.6 is 0 Å². The second-order valence-electron chi connectivity index (χ2n) is 5.78. The summed E-state index contributed by atoms with van der Waals surface area (Å²) >= 11 is 0. The molecule has 3 N–H and O–H groups in total. The molecule has 0 saturated carbocycles. The number of nitrogens with one attached hydrogen (secondary N) is 1. The molecule has 0 heterocycles. The molecule has 0 aliphatic carbocycles. The number of benzene rings is 1. The minimum Gasteiger partial charge on any atom is -0.398 e. The second kappa shape index (κ2) is 5.58. The summed E-state index contributed by atoms with van der Waals surface area (Å²) in [6.45, 7) is 6.17. The van der Waals surface area contributed by atoms with Crippen molar-refractivity contribution in [1.29, 1.82) is 0 Å². The predicted molar refractivity (Wildman–Crippen MR) is 84.4 cm³/mol. The first kappa shape index (κ1) is 17.9. The van der Waals surface area contributed by atoms with E-state index in [1.54, 1.807) is 19.9 Å². The largest absolute Gasteiger partial charge is 0.398 e. The fraction of sp³-hybridized carbons (Fsp3) is 0.538. The second-order valence-corrected chi connectivity index (χ2v) is 10.1. The van der Waals surface area contributed by atoms with Crippen molar-refractivity contribution in [3.05, 3.63) is 23.3 Å². The van der Waals surface area contributed by atoms with Gasteiger partial charge in [-0.3, -0.25) is 0 Å². The Balaban J connectivity index is 3.19. The van der Waals surface area contributed by atoms with Crippen LogP contribution in [0.5, 0.6) is 0 Å². The van der Waals surface area contributed by atoms with Gasteiger partial charge in [0.2, 0.25) is 10.0 Å². The molecule has 0 saturated heterocycles. The van der Waals surface area contributed by atoms with Crippen LogP contribution in [0.4, 0.5) is 5.69 Å². The van der Waals surface area contributed by atoms with Crippen molar-refractivity contribution < 1.29 is 16.8 Å². The molecule has 0 aliphatic heterocycles. The fourth-order valence-corrected chi connectivity index (χ4v) is 3.70. The van der Waals surface area contributed by atoms with E-state index in [2.05, 4.69) is 4.72 Å². The van der Waals surface area contributed by atoms with E-state index >= 15 is 0 Å². The van der Waals surface area contributed by atoms with E-state index in [-0.39, 0.29) is 17.1 Å². The molecule has 0 spiro atoms. The van der Waals surface area contributed by atoms with E-state index in [0.29, 0.717) is 5.56 Å². The summed E-state index contributed by atoms with van der Waals surface area (Å²) in [5.41, 5.74) is 7.26. The molecule has 8 heteroatoms. The highest BCUT2D eigenvalue weighted by Crippen LogP contribution is 2.25. The van der Waals surface area contributed by atoms with Crippen LogP contribution in [0.15, 0.2) is 17.0 Å². The Morgan fingerprint density at radius 3 is 2.14 bits per heavy atom. The molecule has 1 aromatic rings. The third-order valence-electron chi connectivity index (χ3n) is 3.67. The highest BCUT2D eigenvalue weighted by molar-refractivity contribution is 7.92. The number of rotatable bonds is 5. The van der Waals surface area contributed by atoms with Gasteiger partial charge in [-0.25, -0.2) is 21.6 Å². The van der Waals surface area contributed by atoms with Crippen molar-refractivity contribution in [3.8, 4) is 0 Å². The van der Waals surface area contributed by atoms with Gasteiger partial charge in [-0.15, -0.1) is 0 Å². The third-order valence-corrected chi connectivity index (χ3v) is 7.42. The summed E-state index contributed by atoms with van der Waals surface area (Å²) in [6, 6.07) is 3.27. The first-order valence-electron chi connectivity index (χ1n) is 6.34. The van der Waals surface area contributed by atoms with Gasteiger partial charge in [-0.1, -0.05) is 6.07 Å². The Morgan fingerprint density at radius 1 is 1.14 bits per heavy atom. The lowest BCUT2D eigenvalue weighted by Crippen LogP contribution is -2.43. The Morgan fingerprint density at radius 2 is 1.67 bits per heavy atom. The zero-order valence-corrected chi connectivity index (χ0v) is 14.5. The van der Waals surface area contributed by atoms with Gasteiger partial charge < -0.3 is 5.73 Å². The number of sulfone groups is 1. The van der Waals surface area contributed by atoms with Crippen molar-refractivity contribution in [3.63, 3.8) is 0 Å². The van der Waals surface area contributed by atoms with Gasteiger partial charge in [0.15, 0.2) is 9.84 Å². The van der Waals surface area contributed by atoms with Gasteiger partial charge in [0, 0.05) is 12.8 Å². The lowest BCUT2D eigenvalue weighted by Gasteiger charge is -2.23. The highest BCUT2D eigenvalue weighted by Gasteiger charge is 2.32. The summed E-state index contributed by atoms with van der Waals surface area (Å²) in [4.78, 5) is 0.00630. The quantitative estimate of drug-likeness (QED) is 0.781. The van der Waals surface area contributed by atoms with Gasteiger partial charge >= 0.3 is 0 Å². The van der Waals surface area contributed by atoms with E-state index in [1.807, 2.05) is 0 Å². The van der Waals surface area contributed by atoms with Crippen LogP contribution in [0.3, 0.4) is 0 Å². The SMILES string of the molecule is Cc1ccc(N)c(S(=O)(=O)NCC(C)(C)S(C)(=O)=O)c1C. The number of sulfonamides is 1. The Labute approximate surface area is 126 Å². The van der Waals surface area contributed by atoms with Crippen molar-refractivity contribution >= 4 is 25.5 Å². The normalized spacial score (nSPS) is 13.4. The average molecular weight is 334 g/mol. The number of nitrogens with two attached hydrogens (primary N) is 1. The summed E-state index contributed by atoms with van der Waals surface area (Å²) in [5, 5.41) is 0. The number of hydrogen-bond donors (Lipinski definition) is 2. The molecule has 120 valence electrons. The summed E-state index contributed by atoms with van der Waals surface area (Å²) in [7, 11) is -7.27. The third kappa shape index (κ3) is 3.75. The van der Waals surface area contributed by atoms with Crippen LogP contribution in [-0.4, -0.2) is 34.4 Å². The van der Waals surface area contributed by atoms with Crippen molar-refractivity contribution in [2.45, 2.75) is 37.3 Å². The minimum absolute atomic E-state index is 0.00630. The number of hydrogen-bond acceptors (Lipinski definition) is 5. The fourth-order valence-electron chi connectivity index (χ4n) is 1.64. The van der Waals surface area contributed by atoms with E-state index < -0.39 is 24.6 Å². The monoisotopic (exact) mass is 334 g/mol. The van der Waals surface area contributed by atoms with Crippen LogP contribution in [0.1, 0.15) is 25.0 Å². The van der Waals surface area contributed by atoms with Crippen molar-refractivity contribution in [2.75, 3.05) is 18.5 Å². The van der Waals surface area contributed by atoms with E-state index in [1.165, 1.54) is 19.9 Å². The molecule has 0 aromatic heterocycles. The average Bonchev–Trinajstić information content (AvgIpc) is 2.30. The Hall–Kier alpha value is -1.12. The highest BCUT2D eigenvalue weighted by atomic mass is 32.2. The van der Waals surface area contributed by atoms with E-state index in [0.717, 1.165) is 11.8 Å². The zero-order valence-electron chi connectivity index (χ0n) is 12.9. The minimum atomic E-state index is -3.88. The Bertz CT molecular complexity index is 751. The van der Waals surface area contributed by atoms with Crippen molar-refractivity contribution in [1.82, 2.24) is 4.72 Å². The van der Waals surface area contributed by atoms with Gasteiger partial charge in [0.05, 0.1) is 10.4 Å². The van der Waals surface area contributed by atoms with Crippen LogP contribution in [0.2, 0.25) is 0 Å². The molecule has 6 nitrogen and oxygen atoms in total. The first-order valence-corrected chi connectivity index (χ1v) is 9.72. The lowest BCUT2D eigenvalue weighted by molar-refractivity contribution is 0.537. The molecule has 0 radical (unpaired) electrons. The molecule has 1 rings (SSSR count). The van der Waals surface area contributed by atoms with Gasteiger partial charge in [0.25, 0.3) is 0 Å².